The fraction of sp³-hybridized carbons (Fsp3) is 0.533. The first-order valence-electron chi connectivity index (χ1n) is 7.19. The summed E-state index contributed by atoms with van der Waals surface area (Å²) in [5.74, 6) is 0.0859. The molecule has 2 atom stereocenters. The molecule has 1 aromatic carbocycles. The number of morpholine rings is 1. The lowest BCUT2D eigenvalue weighted by Gasteiger charge is -2.37. The number of anilines is 2. The maximum atomic E-state index is 12.7. The van der Waals surface area contributed by atoms with Crippen LogP contribution >= 0.6 is 0 Å². The lowest BCUT2D eigenvalue weighted by atomic mass is 10.1. The van der Waals surface area contributed by atoms with E-state index in [1.54, 1.807) is 0 Å². The van der Waals surface area contributed by atoms with Crippen LogP contribution in [0, 0.1) is 0 Å². The van der Waals surface area contributed by atoms with Crippen molar-refractivity contribution >= 4 is 17.3 Å². The van der Waals surface area contributed by atoms with E-state index >= 15 is 0 Å². The zero-order chi connectivity index (χ0) is 14.1. The summed E-state index contributed by atoms with van der Waals surface area (Å²) in [5, 5.41) is 6.64. The minimum atomic E-state index is 0.0859. The molecule has 0 aromatic heterocycles. The van der Waals surface area contributed by atoms with Crippen LogP contribution in [0.25, 0.3) is 0 Å². The fourth-order valence-electron chi connectivity index (χ4n) is 2.72. The molecule has 20 heavy (non-hydrogen) atoms. The molecule has 2 heterocycles. The van der Waals surface area contributed by atoms with Gasteiger partial charge in [-0.3, -0.25) is 4.79 Å². The zero-order valence-electron chi connectivity index (χ0n) is 12.0. The predicted octanol–water partition coefficient (Wildman–Crippen LogP) is 1.77. The van der Waals surface area contributed by atoms with Crippen LogP contribution in [0.5, 0.6) is 0 Å². The topological polar surface area (TPSA) is 53.6 Å². The Kier molecular flexibility index (Phi) is 3.53. The Bertz CT molecular complexity index is 518. The van der Waals surface area contributed by atoms with Crippen molar-refractivity contribution in [2.24, 2.45) is 0 Å². The van der Waals surface area contributed by atoms with Crippen molar-refractivity contribution in [3.8, 4) is 0 Å². The summed E-state index contributed by atoms with van der Waals surface area (Å²) in [6, 6.07) is 5.94. The summed E-state index contributed by atoms with van der Waals surface area (Å²) < 4.78 is 5.58. The van der Waals surface area contributed by atoms with E-state index in [9.17, 15) is 4.79 Å². The highest BCUT2D eigenvalue weighted by Crippen LogP contribution is 2.26. The number of carbonyl (C=O) groups excluding carboxylic acids is 1. The van der Waals surface area contributed by atoms with Crippen molar-refractivity contribution in [3.63, 3.8) is 0 Å². The van der Waals surface area contributed by atoms with Gasteiger partial charge in [-0.25, -0.2) is 0 Å². The molecule has 1 fully saturated rings. The average molecular weight is 275 g/mol. The molecule has 0 bridgehead atoms. The van der Waals surface area contributed by atoms with Crippen LogP contribution in [-0.2, 0) is 4.74 Å². The molecule has 5 nitrogen and oxygen atoms in total. The Morgan fingerprint density at radius 1 is 1.25 bits per heavy atom. The SMILES string of the molecule is CC1CN(C(=O)c2ccc3c(c2)NCCN3)C(C)CO1. The van der Waals surface area contributed by atoms with Crippen molar-refractivity contribution in [3.05, 3.63) is 23.8 Å². The number of fused-ring (bicyclic) bond motifs is 1. The molecule has 0 radical (unpaired) electrons. The Morgan fingerprint density at radius 2 is 2.00 bits per heavy atom. The van der Waals surface area contributed by atoms with Gasteiger partial charge in [0.2, 0.25) is 0 Å². The van der Waals surface area contributed by atoms with Gasteiger partial charge >= 0.3 is 0 Å². The van der Waals surface area contributed by atoms with Crippen molar-refractivity contribution in [1.82, 2.24) is 4.90 Å². The van der Waals surface area contributed by atoms with Crippen molar-refractivity contribution < 1.29 is 9.53 Å². The highest BCUT2D eigenvalue weighted by Gasteiger charge is 2.28. The smallest absolute Gasteiger partial charge is 0.254 e. The number of hydrogen-bond acceptors (Lipinski definition) is 4. The van der Waals surface area contributed by atoms with Gasteiger partial charge < -0.3 is 20.3 Å². The van der Waals surface area contributed by atoms with Gasteiger partial charge in [-0.1, -0.05) is 0 Å². The summed E-state index contributed by atoms with van der Waals surface area (Å²) in [6.45, 7) is 7.10. The van der Waals surface area contributed by atoms with Crippen LogP contribution in [0.15, 0.2) is 18.2 Å². The number of hydrogen-bond donors (Lipinski definition) is 2. The van der Waals surface area contributed by atoms with Crippen LogP contribution in [0.4, 0.5) is 11.4 Å². The molecular formula is C15H21N3O2. The number of benzene rings is 1. The van der Waals surface area contributed by atoms with E-state index in [0.29, 0.717) is 13.2 Å². The van der Waals surface area contributed by atoms with Gasteiger partial charge in [-0.2, -0.15) is 0 Å². The lowest BCUT2D eigenvalue weighted by molar-refractivity contribution is -0.0387. The Balaban J connectivity index is 1.82. The Hall–Kier alpha value is -1.75. The third-order valence-corrected chi connectivity index (χ3v) is 3.89. The van der Waals surface area contributed by atoms with Crippen LogP contribution in [0.2, 0.25) is 0 Å². The number of carbonyl (C=O) groups is 1. The first-order valence-corrected chi connectivity index (χ1v) is 7.19. The number of nitrogens with zero attached hydrogens (tertiary/aromatic N) is 1. The van der Waals surface area contributed by atoms with E-state index < -0.39 is 0 Å². The van der Waals surface area contributed by atoms with Crippen molar-refractivity contribution in [2.75, 3.05) is 36.9 Å². The zero-order valence-corrected chi connectivity index (χ0v) is 12.0. The molecule has 0 spiro atoms. The van der Waals surface area contributed by atoms with Gasteiger partial charge in [0.15, 0.2) is 0 Å². The molecule has 0 aliphatic carbocycles. The molecule has 0 saturated carbocycles. The first kappa shape index (κ1) is 13.2. The lowest BCUT2D eigenvalue weighted by Crippen LogP contribution is -2.50. The van der Waals surface area contributed by atoms with E-state index in [1.165, 1.54) is 0 Å². The highest BCUT2D eigenvalue weighted by molar-refractivity contribution is 5.96. The summed E-state index contributed by atoms with van der Waals surface area (Å²) in [7, 11) is 0. The van der Waals surface area contributed by atoms with Gasteiger partial charge in [0.25, 0.3) is 5.91 Å². The summed E-state index contributed by atoms with van der Waals surface area (Å²) >= 11 is 0. The maximum Gasteiger partial charge on any atom is 0.254 e. The number of rotatable bonds is 1. The predicted molar refractivity (Wildman–Crippen MR) is 79.3 cm³/mol. The van der Waals surface area contributed by atoms with E-state index in [2.05, 4.69) is 10.6 Å². The largest absolute Gasteiger partial charge is 0.382 e. The van der Waals surface area contributed by atoms with E-state index in [-0.39, 0.29) is 18.1 Å². The molecule has 108 valence electrons. The molecule has 2 unspecified atom stereocenters. The van der Waals surface area contributed by atoms with Gasteiger partial charge in [0.1, 0.15) is 0 Å². The van der Waals surface area contributed by atoms with Gasteiger partial charge in [-0.05, 0) is 32.0 Å². The molecule has 1 saturated heterocycles. The fourth-order valence-corrected chi connectivity index (χ4v) is 2.72. The van der Waals surface area contributed by atoms with Crippen LogP contribution in [0.3, 0.4) is 0 Å². The third-order valence-electron chi connectivity index (χ3n) is 3.89. The standard InChI is InChI=1S/C15H21N3O2/c1-10-9-20-11(2)8-18(10)15(19)12-3-4-13-14(7-12)17-6-5-16-13/h3-4,7,10-11,16-17H,5-6,8-9H2,1-2H3. The summed E-state index contributed by atoms with van der Waals surface area (Å²) in [5.41, 5.74) is 2.81. The maximum absolute atomic E-state index is 12.7. The average Bonchev–Trinajstić information content (AvgIpc) is 2.48. The monoisotopic (exact) mass is 275 g/mol. The first-order chi connectivity index (χ1) is 9.65. The quantitative estimate of drug-likeness (QED) is 0.820. The molecule has 1 aromatic rings. The molecule has 2 aliphatic heterocycles. The summed E-state index contributed by atoms with van der Waals surface area (Å²) in [4.78, 5) is 14.6. The molecular weight excluding hydrogens is 254 g/mol. The number of nitrogens with one attached hydrogen (secondary N) is 2. The van der Waals surface area contributed by atoms with Gasteiger partial charge in [0.05, 0.1) is 30.1 Å². The second kappa shape index (κ2) is 5.32. The third kappa shape index (κ3) is 2.45. The van der Waals surface area contributed by atoms with Gasteiger partial charge in [-0.15, -0.1) is 0 Å². The summed E-state index contributed by atoms with van der Waals surface area (Å²) in [6.07, 6.45) is 0.104. The van der Waals surface area contributed by atoms with Crippen LogP contribution in [0.1, 0.15) is 24.2 Å². The molecule has 3 rings (SSSR count). The molecule has 2 aliphatic rings. The highest BCUT2D eigenvalue weighted by atomic mass is 16.5. The van der Waals surface area contributed by atoms with Crippen molar-refractivity contribution in [1.29, 1.82) is 0 Å². The minimum absolute atomic E-state index is 0.0859. The van der Waals surface area contributed by atoms with E-state index in [0.717, 1.165) is 30.0 Å². The Labute approximate surface area is 119 Å². The minimum Gasteiger partial charge on any atom is -0.382 e. The second-order valence-corrected chi connectivity index (χ2v) is 5.56. The van der Waals surface area contributed by atoms with Crippen LogP contribution < -0.4 is 10.6 Å². The normalized spacial score (nSPS) is 25.4. The molecule has 5 heteroatoms. The van der Waals surface area contributed by atoms with Crippen LogP contribution in [-0.4, -0.2) is 49.2 Å². The van der Waals surface area contributed by atoms with E-state index in [4.69, 9.17) is 4.74 Å². The second-order valence-electron chi connectivity index (χ2n) is 5.56. The van der Waals surface area contributed by atoms with E-state index in [1.807, 2.05) is 36.9 Å². The van der Waals surface area contributed by atoms with Gasteiger partial charge in [0, 0.05) is 25.2 Å². The molecule has 1 amide bonds. The van der Waals surface area contributed by atoms with Crippen molar-refractivity contribution in [2.45, 2.75) is 26.0 Å². The Morgan fingerprint density at radius 3 is 2.80 bits per heavy atom. The number of ether oxygens (including phenoxy) is 1. The number of amides is 1. The molecule has 2 N–H and O–H groups in total.